The molecule has 0 aromatic heterocycles. The first-order valence-corrected chi connectivity index (χ1v) is 9.89. The molecule has 7 heteroatoms. The minimum atomic E-state index is -0.214. The summed E-state index contributed by atoms with van der Waals surface area (Å²) in [5.41, 5.74) is 3.03. The SMILES string of the molecule is Cc1cc(C)cc(OCCOc2ccc(Cl)cc2/C=C2\SC(=S)NC2=O)c1. The molecule has 1 heterocycles. The average Bonchev–Trinajstić information content (AvgIpc) is 2.89. The standard InChI is InChI=1S/C20H18ClNO3S2/c1-12-7-13(2)9-16(8-12)24-5-6-25-17-4-3-15(21)10-14(17)11-18-19(23)22-20(26)27-18/h3-4,7-11H,5-6H2,1-2H3,(H,22,23,26)/b18-11-. The van der Waals surface area contributed by atoms with Gasteiger partial charge in [0.05, 0.1) is 4.91 Å². The molecule has 2 aromatic carbocycles. The van der Waals surface area contributed by atoms with Gasteiger partial charge in [0.2, 0.25) is 0 Å². The lowest BCUT2D eigenvalue weighted by molar-refractivity contribution is -0.115. The highest BCUT2D eigenvalue weighted by Crippen LogP contribution is 2.31. The molecule has 1 saturated heterocycles. The Labute approximate surface area is 172 Å². The summed E-state index contributed by atoms with van der Waals surface area (Å²) in [6.45, 7) is 4.84. The third-order valence-corrected chi connectivity index (χ3v) is 5.10. The van der Waals surface area contributed by atoms with Crippen molar-refractivity contribution in [1.82, 2.24) is 5.32 Å². The number of carbonyl (C=O) groups excluding carboxylic acids is 1. The lowest BCUT2D eigenvalue weighted by Gasteiger charge is -2.12. The van der Waals surface area contributed by atoms with Crippen LogP contribution in [-0.2, 0) is 4.79 Å². The van der Waals surface area contributed by atoms with E-state index in [0.29, 0.717) is 33.2 Å². The Morgan fingerprint density at radius 2 is 1.81 bits per heavy atom. The number of nitrogens with one attached hydrogen (secondary N) is 1. The third-order valence-electron chi connectivity index (χ3n) is 3.71. The van der Waals surface area contributed by atoms with Crippen LogP contribution in [0.2, 0.25) is 5.02 Å². The van der Waals surface area contributed by atoms with Gasteiger partial charge in [-0.3, -0.25) is 4.79 Å². The first kappa shape index (κ1) is 19.7. The van der Waals surface area contributed by atoms with E-state index in [2.05, 4.69) is 11.4 Å². The van der Waals surface area contributed by atoms with Crippen molar-refractivity contribution in [3.05, 3.63) is 63.0 Å². The molecule has 1 N–H and O–H groups in total. The largest absolute Gasteiger partial charge is 0.490 e. The van der Waals surface area contributed by atoms with E-state index < -0.39 is 0 Å². The van der Waals surface area contributed by atoms with Gasteiger partial charge in [-0.15, -0.1) is 0 Å². The number of halogens is 1. The molecule has 0 aliphatic carbocycles. The number of hydrogen-bond acceptors (Lipinski definition) is 5. The molecule has 0 atom stereocenters. The molecule has 3 rings (SSSR count). The predicted molar refractivity (Wildman–Crippen MR) is 115 cm³/mol. The molecule has 0 saturated carbocycles. The normalized spacial score (nSPS) is 15.1. The number of thiocarbonyl (C=S) groups is 1. The third kappa shape index (κ3) is 5.48. The first-order chi connectivity index (χ1) is 12.9. The fourth-order valence-electron chi connectivity index (χ4n) is 2.65. The van der Waals surface area contributed by atoms with Crippen molar-refractivity contribution in [1.29, 1.82) is 0 Å². The number of amides is 1. The number of carbonyl (C=O) groups is 1. The molecule has 1 fully saturated rings. The topological polar surface area (TPSA) is 47.6 Å². The van der Waals surface area contributed by atoms with E-state index in [9.17, 15) is 4.79 Å². The predicted octanol–water partition coefficient (Wildman–Crippen LogP) is 4.90. The summed E-state index contributed by atoms with van der Waals surface area (Å²) in [4.78, 5) is 12.4. The first-order valence-electron chi connectivity index (χ1n) is 8.29. The van der Waals surface area contributed by atoms with E-state index in [1.807, 2.05) is 26.0 Å². The summed E-state index contributed by atoms with van der Waals surface area (Å²) in [5.74, 6) is 1.23. The van der Waals surface area contributed by atoms with E-state index in [0.717, 1.165) is 22.4 Å². The number of thioether (sulfide) groups is 1. The zero-order valence-electron chi connectivity index (χ0n) is 14.9. The van der Waals surface area contributed by atoms with E-state index in [4.69, 9.17) is 33.3 Å². The number of ether oxygens (including phenoxy) is 2. The van der Waals surface area contributed by atoms with E-state index >= 15 is 0 Å². The fourth-order valence-corrected chi connectivity index (χ4v) is 3.87. The summed E-state index contributed by atoms with van der Waals surface area (Å²) < 4.78 is 12.1. The molecular weight excluding hydrogens is 402 g/mol. The molecule has 0 unspecified atom stereocenters. The van der Waals surface area contributed by atoms with Gasteiger partial charge in [-0.25, -0.2) is 0 Å². The summed E-state index contributed by atoms with van der Waals surface area (Å²) >= 11 is 12.3. The number of rotatable bonds is 6. The summed E-state index contributed by atoms with van der Waals surface area (Å²) in [7, 11) is 0. The highest BCUT2D eigenvalue weighted by molar-refractivity contribution is 8.26. The maximum atomic E-state index is 11.9. The van der Waals surface area contributed by atoms with Crippen LogP contribution in [-0.4, -0.2) is 23.4 Å². The van der Waals surface area contributed by atoms with Crippen LogP contribution in [0.3, 0.4) is 0 Å². The Bertz CT molecular complexity index is 907. The van der Waals surface area contributed by atoms with Gasteiger partial charge in [0.25, 0.3) is 5.91 Å². The Balaban J connectivity index is 1.66. The van der Waals surface area contributed by atoms with Gasteiger partial charge < -0.3 is 14.8 Å². The van der Waals surface area contributed by atoms with Gasteiger partial charge in [0, 0.05) is 10.6 Å². The molecule has 4 nitrogen and oxygen atoms in total. The second-order valence-electron chi connectivity index (χ2n) is 6.05. The zero-order chi connectivity index (χ0) is 19.4. The van der Waals surface area contributed by atoms with Crippen LogP contribution in [0.15, 0.2) is 41.3 Å². The molecule has 1 amide bonds. The van der Waals surface area contributed by atoms with Gasteiger partial charge in [-0.1, -0.05) is 41.6 Å². The van der Waals surface area contributed by atoms with Gasteiger partial charge >= 0.3 is 0 Å². The number of benzene rings is 2. The van der Waals surface area contributed by atoms with E-state index in [1.165, 1.54) is 11.8 Å². The monoisotopic (exact) mass is 419 g/mol. The van der Waals surface area contributed by atoms with Crippen molar-refractivity contribution in [2.75, 3.05) is 13.2 Å². The molecular formula is C20H18ClNO3S2. The van der Waals surface area contributed by atoms with Gasteiger partial charge in [0.15, 0.2) is 0 Å². The van der Waals surface area contributed by atoms with Crippen molar-refractivity contribution in [3.8, 4) is 11.5 Å². The number of hydrogen-bond donors (Lipinski definition) is 1. The Morgan fingerprint density at radius 1 is 1.11 bits per heavy atom. The molecule has 1 aliphatic heterocycles. The quantitative estimate of drug-likeness (QED) is 0.410. The van der Waals surface area contributed by atoms with Gasteiger partial charge in [-0.2, -0.15) is 0 Å². The minimum Gasteiger partial charge on any atom is -0.490 e. The summed E-state index contributed by atoms with van der Waals surface area (Å²) in [5, 5.41) is 3.16. The average molecular weight is 420 g/mol. The molecule has 27 heavy (non-hydrogen) atoms. The Kier molecular flexibility index (Phi) is 6.42. The fraction of sp³-hybridized carbons (Fsp3) is 0.200. The molecule has 2 aromatic rings. The van der Waals surface area contributed by atoms with Crippen molar-refractivity contribution in [3.63, 3.8) is 0 Å². The highest BCUT2D eigenvalue weighted by atomic mass is 35.5. The lowest BCUT2D eigenvalue weighted by Crippen LogP contribution is -2.17. The van der Waals surface area contributed by atoms with Crippen molar-refractivity contribution < 1.29 is 14.3 Å². The van der Waals surface area contributed by atoms with Crippen LogP contribution in [0.1, 0.15) is 16.7 Å². The lowest BCUT2D eigenvalue weighted by atomic mass is 10.1. The van der Waals surface area contributed by atoms with Gasteiger partial charge in [0.1, 0.15) is 29.0 Å². The van der Waals surface area contributed by atoms with Crippen LogP contribution in [0.25, 0.3) is 6.08 Å². The van der Waals surface area contributed by atoms with Crippen LogP contribution in [0.4, 0.5) is 0 Å². The van der Waals surface area contributed by atoms with Crippen LogP contribution >= 0.6 is 35.6 Å². The Hall–Kier alpha value is -2.02. The second-order valence-corrected chi connectivity index (χ2v) is 8.21. The smallest absolute Gasteiger partial charge is 0.263 e. The molecule has 0 spiro atoms. The van der Waals surface area contributed by atoms with Crippen LogP contribution < -0.4 is 14.8 Å². The maximum Gasteiger partial charge on any atom is 0.263 e. The molecule has 0 radical (unpaired) electrons. The van der Waals surface area contributed by atoms with E-state index in [-0.39, 0.29) is 5.91 Å². The molecule has 140 valence electrons. The Morgan fingerprint density at radius 3 is 2.48 bits per heavy atom. The highest BCUT2D eigenvalue weighted by Gasteiger charge is 2.22. The maximum absolute atomic E-state index is 11.9. The minimum absolute atomic E-state index is 0.214. The van der Waals surface area contributed by atoms with Crippen molar-refractivity contribution >= 4 is 51.9 Å². The van der Waals surface area contributed by atoms with Crippen LogP contribution in [0, 0.1) is 13.8 Å². The van der Waals surface area contributed by atoms with E-state index in [1.54, 1.807) is 24.3 Å². The second kappa shape index (κ2) is 8.78. The zero-order valence-corrected chi connectivity index (χ0v) is 17.3. The van der Waals surface area contributed by atoms with Gasteiger partial charge in [-0.05, 0) is 61.4 Å². The molecule has 1 aliphatic rings. The van der Waals surface area contributed by atoms with Crippen LogP contribution in [0.5, 0.6) is 11.5 Å². The molecule has 0 bridgehead atoms. The van der Waals surface area contributed by atoms with Crippen molar-refractivity contribution in [2.45, 2.75) is 13.8 Å². The summed E-state index contributed by atoms with van der Waals surface area (Å²) in [6.07, 6.45) is 1.73. The number of aryl methyl sites for hydroxylation is 2. The van der Waals surface area contributed by atoms with Crippen molar-refractivity contribution in [2.24, 2.45) is 0 Å². The summed E-state index contributed by atoms with van der Waals surface area (Å²) in [6, 6.07) is 11.4.